The quantitative estimate of drug-likeness (QED) is 0.563. The number of hydrogen-bond donors (Lipinski definition) is 3. The third-order valence-electron chi connectivity index (χ3n) is 5.26. The average Bonchev–Trinajstić information content (AvgIpc) is 2.85. The Bertz CT molecular complexity index is 950. The lowest BCUT2D eigenvalue weighted by Crippen LogP contribution is -2.38. The molecule has 1 amide bonds. The molecule has 0 unspecified atom stereocenters. The predicted octanol–water partition coefficient (Wildman–Crippen LogP) is 1.78. The number of ether oxygens (including phenoxy) is 3. The van der Waals surface area contributed by atoms with Crippen molar-refractivity contribution in [3.05, 3.63) is 18.0 Å². The van der Waals surface area contributed by atoms with Crippen LogP contribution in [-0.4, -0.2) is 84.9 Å². The lowest BCUT2D eigenvalue weighted by molar-refractivity contribution is 0.0904. The van der Waals surface area contributed by atoms with E-state index < -0.39 is 6.09 Å². The van der Waals surface area contributed by atoms with Gasteiger partial charge in [-0.05, 0) is 12.8 Å². The van der Waals surface area contributed by atoms with Crippen molar-refractivity contribution in [3.63, 3.8) is 0 Å². The molecule has 2 aromatic heterocycles. The van der Waals surface area contributed by atoms with Crippen molar-refractivity contribution < 1.29 is 20.4 Å². The first kappa shape index (κ1) is 21.8. The molecule has 0 atom stereocenters. The standard InChI is InChI=1S/C20H26N8O4.H2/c1-30-20(29)27-18-22-11-13(12-23-18)16-15(10-21)17(24-14-2-6-31-7-3-14)26-19(25-16)28-4-8-32-9-5-28;/h10-12,14,21H,2-9H2,1H3,(H,24,25,26)(H,22,23,27,29);1H. The smallest absolute Gasteiger partial charge is 0.413 e. The number of amides is 1. The van der Waals surface area contributed by atoms with Crippen molar-refractivity contribution in [1.29, 1.82) is 5.41 Å². The zero-order chi connectivity index (χ0) is 22.3. The normalized spacial score (nSPS) is 17.0. The van der Waals surface area contributed by atoms with Crippen LogP contribution >= 0.6 is 0 Å². The second-order valence-electron chi connectivity index (χ2n) is 7.32. The fourth-order valence-electron chi connectivity index (χ4n) is 3.52. The van der Waals surface area contributed by atoms with Crippen molar-refractivity contribution in [2.45, 2.75) is 18.9 Å². The second kappa shape index (κ2) is 10.3. The van der Waals surface area contributed by atoms with Gasteiger partial charge < -0.3 is 29.8 Å². The van der Waals surface area contributed by atoms with Gasteiger partial charge in [0.25, 0.3) is 0 Å². The predicted molar refractivity (Wildman–Crippen MR) is 120 cm³/mol. The minimum absolute atomic E-state index is 0. The lowest BCUT2D eigenvalue weighted by atomic mass is 10.1. The van der Waals surface area contributed by atoms with Crippen LogP contribution in [0.1, 0.15) is 19.8 Å². The van der Waals surface area contributed by atoms with E-state index in [9.17, 15) is 4.79 Å². The number of nitrogens with one attached hydrogen (secondary N) is 3. The highest BCUT2D eigenvalue weighted by Gasteiger charge is 2.23. The Hall–Kier alpha value is -3.38. The van der Waals surface area contributed by atoms with E-state index in [1.165, 1.54) is 13.3 Å². The molecule has 12 nitrogen and oxygen atoms in total. The van der Waals surface area contributed by atoms with Crippen molar-refractivity contribution in [2.24, 2.45) is 0 Å². The molecule has 0 saturated carbocycles. The van der Waals surface area contributed by atoms with E-state index in [2.05, 4.69) is 30.2 Å². The zero-order valence-electron chi connectivity index (χ0n) is 17.8. The molecule has 2 aliphatic heterocycles. The van der Waals surface area contributed by atoms with E-state index in [4.69, 9.17) is 24.9 Å². The Morgan fingerprint density at radius 2 is 1.88 bits per heavy atom. The molecule has 0 radical (unpaired) electrons. The molecule has 0 spiro atoms. The molecule has 4 heterocycles. The number of carbonyl (C=O) groups is 1. The van der Waals surface area contributed by atoms with Crippen molar-refractivity contribution in [2.75, 3.05) is 62.2 Å². The van der Waals surface area contributed by atoms with Gasteiger partial charge in [-0.15, -0.1) is 0 Å². The number of aromatic nitrogens is 4. The summed E-state index contributed by atoms with van der Waals surface area (Å²) in [6.45, 7) is 3.94. The minimum Gasteiger partial charge on any atom is -0.453 e. The topological polar surface area (TPSA) is 147 Å². The Kier molecular flexibility index (Phi) is 7.02. The molecule has 2 aromatic rings. The van der Waals surface area contributed by atoms with Crippen LogP contribution in [0.2, 0.25) is 0 Å². The van der Waals surface area contributed by atoms with E-state index >= 15 is 0 Å². The fraction of sp³-hybridized carbons (Fsp3) is 0.500. The van der Waals surface area contributed by atoms with Crippen LogP contribution < -0.4 is 15.5 Å². The fourth-order valence-corrected chi connectivity index (χ4v) is 3.52. The number of anilines is 3. The number of hydrogen-bond acceptors (Lipinski definition) is 11. The molecule has 0 bridgehead atoms. The summed E-state index contributed by atoms with van der Waals surface area (Å²) in [5.74, 6) is 1.26. The summed E-state index contributed by atoms with van der Waals surface area (Å²) in [7, 11) is 1.26. The first-order valence-electron chi connectivity index (χ1n) is 10.4. The third-order valence-corrected chi connectivity index (χ3v) is 5.26. The van der Waals surface area contributed by atoms with Gasteiger partial charge in [0.2, 0.25) is 11.9 Å². The van der Waals surface area contributed by atoms with E-state index in [0.717, 1.165) is 12.8 Å². The van der Waals surface area contributed by atoms with E-state index in [1.54, 1.807) is 12.4 Å². The van der Waals surface area contributed by atoms with Crippen LogP contribution in [0.15, 0.2) is 12.4 Å². The van der Waals surface area contributed by atoms with Crippen LogP contribution in [-0.2, 0) is 14.2 Å². The summed E-state index contributed by atoms with van der Waals surface area (Å²) in [6, 6.07) is 0.200. The minimum atomic E-state index is -0.655. The SMILES string of the molecule is COC(=O)Nc1ncc(-c2nc(N3CCOCC3)nc(NC3CCOCC3)c2C=N)cn1.[HH]. The molecule has 2 fully saturated rings. The summed E-state index contributed by atoms with van der Waals surface area (Å²) < 4.78 is 15.5. The first-order valence-corrected chi connectivity index (χ1v) is 10.4. The highest BCUT2D eigenvalue weighted by Crippen LogP contribution is 2.29. The Morgan fingerprint density at radius 1 is 1.19 bits per heavy atom. The van der Waals surface area contributed by atoms with Gasteiger partial charge in [-0.2, -0.15) is 4.98 Å². The molecule has 2 saturated heterocycles. The van der Waals surface area contributed by atoms with Gasteiger partial charge in [-0.1, -0.05) is 0 Å². The Labute approximate surface area is 186 Å². The van der Waals surface area contributed by atoms with Gasteiger partial charge in [-0.3, -0.25) is 5.32 Å². The molecular weight excluding hydrogens is 416 g/mol. The average molecular weight is 444 g/mol. The molecule has 4 rings (SSSR count). The van der Waals surface area contributed by atoms with E-state index in [0.29, 0.717) is 68.1 Å². The van der Waals surface area contributed by atoms with Gasteiger partial charge in [0.1, 0.15) is 5.82 Å². The van der Waals surface area contributed by atoms with Gasteiger partial charge in [0, 0.05) is 57.9 Å². The van der Waals surface area contributed by atoms with Gasteiger partial charge in [0.15, 0.2) is 0 Å². The number of morpholine rings is 1. The highest BCUT2D eigenvalue weighted by molar-refractivity contribution is 5.93. The molecule has 2 aliphatic rings. The van der Waals surface area contributed by atoms with Gasteiger partial charge in [0.05, 0.1) is 31.6 Å². The number of nitrogens with zero attached hydrogens (tertiary/aromatic N) is 5. The van der Waals surface area contributed by atoms with Crippen molar-refractivity contribution in [3.8, 4) is 11.3 Å². The molecule has 3 N–H and O–H groups in total. The Balaban J connectivity index is 0.00000306. The van der Waals surface area contributed by atoms with Crippen LogP contribution in [0.5, 0.6) is 0 Å². The summed E-state index contributed by atoms with van der Waals surface area (Å²) in [5, 5.41) is 13.9. The van der Waals surface area contributed by atoms with Gasteiger partial charge >= 0.3 is 6.09 Å². The van der Waals surface area contributed by atoms with Crippen LogP contribution in [0.3, 0.4) is 0 Å². The number of methoxy groups -OCH3 is 1. The third kappa shape index (κ3) is 5.08. The monoisotopic (exact) mass is 444 g/mol. The van der Waals surface area contributed by atoms with E-state index in [-0.39, 0.29) is 13.4 Å². The highest BCUT2D eigenvalue weighted by atomic mass is 16.5. The number of rotatable bonds is 6. The van der Waals surface area contributed by atoms with Crippen molar-refractivity contribution in [1.82, 2.24) is 19.9 Å². The Morgan fingerprint density at radius 3 is 2.53 bits per heavy atom. The summed E-state index contributed by atoms with van der Waals surface area (Å²) in [4.78, 5) is 31.3. The molecule has 12 heteroatoms. The molecule has 32 heavy (non-hydrogen) atoms. The largest absolute Gasteiger partial charge is 0.453 e. The van der Waals surface area contributed by atoms with Crippen LogP contribution in [0.4, 0.5) is 22.5 Å². The molecular formula is C20H28N8O4. The van der Waals surface area contributed by atoms with Crippen molar-refractivity contribution >= 4 is 30.0 Å². The maximum Gasteiger partial charge on any atom is 0.413 e. The maximum atomic E-state index is 11.4. The van der Waals surface area contributed by atoms with Crippen LogP contribution in [0, 0.1) is 5.41 Å². The second-order valence-corrected chi connectivity index (χ2v) is 7.32. The van der Waals surface area contributed by atoms with E-state index in [1.807, 2.05) is 0 Å². The number of carbonyl (C=O) groups excluding carboxylic acids is 1. The summed E-state index contributed by atoms with van der Waals surface area (Å²) >= 11 is 0. The summed E-state index contributed by atoms with van der Waals surface area (Å²) in [6.07, 6.45) is 5.41. The molecule has 0 aromatic carbocycles. The van der Waals surface area contributed by atoms with Gasteiger partial charge in [-0.25, -0.2) is 19.7 Å². The first-order chi connectivity index (χ1) is 15.7. The molecule has 172 valence electrons. The zero-order valence-corrected chi connectivity index (χ0v) is 17.8. The van der Waals surface area contributed by atoms with Crippen LogP contribution in [0.25, 0.3) is 11.3 Å². The summed E-state index contributed by atoms with van der Waals surface area (Å²) in [5.41, 5.74) is 1.69. The molecule has 0 aliphatic carbocycles. The maximum absolute atomic E-state index is 11.4. The lowest BCUT2D eigenvalue weighted by Gasteiger charge is -2.29.